The highest BCUT2D eigenvalue weighted by atomic mass is 16.4. The summed E-state index contributed by atoms with van der Waals surface area (Å²) in [6, 6.07) is 0. The van der Waals surface area contributed by atoms with Gasteiger partial charge < -0.3 is 4.65 Å². The van der Waals surface area contributed by atoms with Gasteiger partial charge >= 0.3 is 0 Å². The normalized spacial score (nSPS) is 7.60. The Morgan fingerprint density at radius 2 is 2.40 bits per heavy atom. The molecule has 0 N–H and O–H groups in total. The van der Waals surface area contributed by atoms with Gasteiger partial charge in [0.25, 0.3) is 7.48 Å². The molecule has 1 nitrogen and oxygen atoms in total. The third-order valence-electron chi connectivity index (χ3n) is 0.408. The molecule has 0 saturated carbocycles. The molecule has 0 aliphatic rings. The van der Waals surface area contributed by atoms with Crippen LogP contribution in [0.2, 0.25) is 6.82 Å². The summed E-state index contributed by atoms with van der Waals surface area (Å²) in [4.78, 5) is 0. The average Bonchev–Trinajstić information content (AvgIpc) is 1.41. The topological polar surface area (TPSA) is 9.23 Å². The molecule has 0 spiro atoms. The van der Waals surface area contributed by atoms with Crippen molar-refractivity contribution in [3.63, 3.8) is 0 Å². The van der Waals surface area contributed by atoms with Crippen LogP contribution in [-0.4, -0.2) is 14.1 Å². The summed E-state index contributed by atoms with van der Waals surface area (Å²) in [5.74, 6) is 0. The van der Waals surface area contributed by atoms with Gasteiger partial charge in [0.1, 0.15) is 0 Å². The van der Waals surface area contributed by atoms with E-state index in [0.717, 1.165) is 14.1 Å². The summed E-state index contributed by atoms with van der Waals surface area (Å²) in [7, 11) is 0.844. The van der Waals surface area contributed by atoms with Crippen molar-refractivity contribution in [3.05, 3.63) is 0 Å². The van der Waals surface area contributed by atoms with Gasteiger partial charge in [-0.1, -0.05) is 6.82 Å². The fraction of sp³-hybridized carbons (Fsp3) is 1.00. The molecule has 30 valence electrons. The van der Waals surface area contributed by atoms with Gasteiger partial charge in [-0.2, -0.15) is 0 Å². The van der Waals surface area contributed by atoms with Gasteiger partial charge in [0, 0.05) is 6.61 Å². The molecule has 0 rings (SSSR count). The van der Waals surface area contributed by atoms with Crippen molar-refractivity contribution in [2.75, 3.05) is 6.61 Å². The molecular weight excluding hydrogens is 62.8 g/mol. The van der Waals surface area contributed by atoms with Gasteiger partial charge in [0.2, 0.25) is 0 Å². The molecule has 0 aromatic carbocycles. The van der Waals surface area contributed by atoms with Crippen LogP contribution >= 0.6 is 0 Å². The van der Waals surface area contributed by atoms with Crippen LogP contribution in [0.1, 0.15) is 6.92 Å². The van der Waals surface area contributed by atoms with Gasteiger partial charge in [-0.15, -0.1) is 0 Å². The molecule has 0 aromatic rings. The summed E-state index contributed by atoms with van der Waals surface area (Å²) in [5.41, 5.74) is 0. The maximum absolute atomic E-state index is 4.83. The number of hydrogen-bond donors (Lipinski definition) is 0. The van der Waals surface area contributed by atoms with Gasteiger partial charge in [0.05, 0.1) is 0 Å². The second-order valence-electron chi connectivity index (χ2n) is 0.781. The highest BCUT2D eigenvalue weighted by Gasteiger charge is 1.68. The van der Waals surface area contributed by atoms with E-state index in [1.54, 1.807) is 0 Å². The molecule has 0 radical (unpaired) electrons. The zero-order chi connectivity index (χ0) is 4.12. The highest BCUT2D eigenvalue weighted by Crippen LogP contribution is 1.61. The number of rotatable bonds is 2. The first-order valence-corrected chi connectivity index (χ1v) is 1.99. The Morgan fingerprint density at radius 1 is 1.80 bits per heavy atom. The van der Waals surface area contributed by atoms with Gasteiger partial charge in [-0.25, -0.2) is 0 Å². The third kappa shape index (κ3) is 4.02. The molecule has 0 saturated heterocycles. The van der Waals surface area contributed by atoms with Crippen LogP contribution in [0, 0.1) is 0 Å². The molecular formula is C3H9BO. The van der Waals surface area contributed by atoms with Crippen LogP contribution in [-0.2, 0) is 4.65 Å². The molecule has 0 fully saturated rings. The Balaban J connectivity index is 2.19. The smallest absolute Gasteiger partial charge is 0.271 e. The lowest BCUT2D eigenvalue weighted by Crippen LogP contribution is -1.88. The maximum atomic E-state index is 4.83. The van der Waals surface area contributed by atoms with Crippen LogP contribution in [0.4, 0.5) is 0 Å². The SMILES string of the molecule is CBOCC. The first kappa shape index (κ1) is 5.02. The molecule has 5 heavy (non-hydrogen) atoms. The van der Waals surface area contributed by atoms with E-state index >= 15 is 0 Å². The first-order valence-electron chi connectivity index (χ1n) is 1.99. The van der Waals surface area contributed by atoms with Crippen LogP contribution < -0.4 is 0 Å². The van der Waals surface area contributed by atoms with Crippen molar-refractivity contribution in [1.29, 1.82) is 0 Å². The predicted molar refractivity (Wildman–Crippen MR) is 24.6 cm³/mol. The van der Waals surface area contributed by atoms with Crippen LogP contribution in [0.5, 0.6) is 0 Å². The Bertz CT molecular complexity index is 14.4. The van der Waals surface area contributed by atoms with Crippen LogP contribution in [0.3, 0.4) is 0 Å². The Morgan fingerprint density at radius 3 is 2.40 bits per heavy atom. The van der Waals surface area contributed by atoms with Gasteiger partial charge in [-0.3, -0.25) is 0 Å². The second-order valence-corrected chi connectivity index (χ2v) is 0.781. The lowest BCUT2D eigenvalue weighted by Gasteiger charge is -1.84. The summed E-state index contributed by atoms with van der Waals surface area (Å²) in [6.45, 7) is 4.82. The minimum atomic E-state index is 0.844. The molecule has 0 heterocycles. The van der Waals surface area contributed by atoms with Crippen molar-refractivity contribution in [2.24, 2.45) is 0 Å². The third-order valence-corrected chi connectivity index (χ3v) is 0.408. The lowest BCUT2D eigenvalue weighted by molar-refractivity contribution is 0.364. The van der Waals surface area contributed by atoms with Crippen molar-refractivity contribution in [2.45, 2.75) is 13.7 Å². The molecule has 0 bridgehead atoms. The van der Waals surface area contributed by atoms with E-state index in [0.29, 0.717) is 0 Å². The summed E-state index contributed by atoms with van der Waals surface area (Å²) >= 11 is 0. The lowest BCUT2D eigenvalue weighted by atomic mass is 10.1. The highest BCUT2D eigenvalue weighted by molar-refractivity contribution is 6.24. The largest absolute Gasteiger partial charge is 0.440 e. The van der Waals surface area contributed by atoms with Crippen LogP contribution in [0.15, 0.2) is 0 Å². The van der Waals surface area contributed by atoms with Crippen molar-refractivity contribution < 1.29 is 4.65 Å². The van der Waals surface area contributed by atoms with Crippen molar-refractivity contribution >= 4 is 7.48 Å². The second kappa shape index (κ2) is 4.02. The summed E-state index contributed by atoms with van der Waals surface area (Å²) in [5, 5.41) is 0. The van der Waals surface area contributed by atoms with E-state index in [1.807, 2.05) is 13.7 Å². The van der Waals surface area contributed by atoms with E-state index in [1.165, 1.54) is 0 Å². The van der Waals surface area contributed by atoms with Crippen LogP contribution in [0.25, 0.3) is 0 Å². The van der Waals surface area contributed by atoms with E-state index in [9.17, 15) is 0 Å². The fourth-order valence-corrected chi connectivity index (χ4v) is 0.204. The number of hydrogen-bond acceptors (Lipinski definition) is 1. The monoisotopic (exact) mass is 72.1 g/mol. The van der Waals surface area contributed by atoms with E-state index < -0.39 is 0 Å². The molecule has 0 amide bonds. The first-order chi connectivity index (χ1) is 2.41. The molecule has 0 aliphatic carbocycles. The summed E-state index contributed by atoms with van der Waals surface area (Å²) < 4.78 is 4.83. The minimum Gasteiger partial charge on any atom is -0.440 e. The zero-order valence-corrected chi connectivity index (χ0v) is 3.82. The van der Waals surface area contributed by atoms with E-state index in [4.69, 9.17) is 4.65 Å². The fourth-order valence-electron chi connectivity index (χ4n) is 0.204. The van der Waals surface area contributed by atoms with Crippen molar-refractivity contribution in [3.8, 4) is 0 Å². The summed E-state index contributed by atoms with van der Waals surface area (Å²) in [6.07, 6.45) is 0. The van der Waals surface area contributed by atoms with Crippen molar-refractivity contribution in [1.82, 2.24) is 0 Å². The average molecular weight is 71.9 g/mol. The maximum Gasteiger partial charge on any atom is 0.271 e. The Hall–Kier alpha value is 0.0249. The predicted octanol–water partition coefficient (Wildman–Crippen LogP) is 0.422. The molecule has 0 aliphatic heterocycles. The zero-order valence-electron chi connectivity index (χ0n) is 3.82. The van der Waals surface area contributed by atoms with Gasteiger partial charge in [0.15, 0.2) is 0 Å². The molecule has 0 unspecified atom stereocenters. The van der Waals surface area contributed by atoms with E-state index in [-0.39, 0.29) is 0 Å². The van der Waals surface area contributed by atoms with E-state index in [2.05, 4.69) is 0 Å². The quantitative estimate of drug-likeness (QED) is 0.429. The molecule has 0 aromatic heterocycles. The Labute approximate surface area is 33.6 Å². The Kier molecular flexibility index (Phi) is 4.05. The molecule has 2 heteroatoms. The van der Waals surface area contributed by atoms with Gasteiger partial charge in [-0.05, 0) is 6.92 Å². The standard InChI is InChI=1S/C3H9BO/c1-3-5-4-2/h4H,3H2,1-2H3. The minimum absolute atomic E-state index is 0.844. The molecule has 0 atom stereocenters.